The van der Waals surface area contributed by atoms with Crippen LogP contribution in [0.2, 0.25) is 0 Å². The summed E-state index contributed by atoms with van der Waals surface area (Å²) in [5.74, 6) is 1.09. The molecule has 7 heteroatoms. The van der Waals surface area contributed by atoms with Crippen molar-refractivity contribution in [2.45, 2.75) is 43.7 Å². The Kier molecular flexibility index (Phi) is 2.83. The third-order valence-electron chi connectivity index (χ3n) is 4.97. The van der Waals surface area contributed by atoms with Crippen molar-refractivity contribution < 1.29 is 18.3 Å². The molecule has 4 rings (SSSR count). The van der Waals surface area contributed by atoms with Crippen LogP contribution in [0, 0.1) is 17.8 Å². The van der Waals surface area contributed by atoms with Crippen LogP contribution in [-0.4, -0.2) is 37.5 Å². The van der Waals surface area contributed by atoms with Crippen molar-refractivity contribution in [3.63, 3.8) is 0 Å². The summed E-state index contributed by atoms with van der Waals surface area (Å²) < 4.78 is 25.9. The molecule has 0 saturated heterocycles. The summed E-state index contributed by atoms with van der Waals surface area (Å²) in [6.07, 6.45) is 4.72. The molecule has 4 aliphatic rings. The van der Waals surface area contributed by atoms with E-state index in [1.54, 1.807) is 0 Å². The predicted octanol–water partition coefficient (Wildman–Crippen LogP) is 0.750. The quantitative estimate of drug-likeness (QED) is 0.714. The van der Waals surface area contributed by atoms with Crippen molar-refractivity contribution >= 4 is 16.1 Å². The van der Waals surface area contributed by atoms with E-state index in [1.807, 2.05) is 0 Å². The van der Waals surface area contributed by atoms with E-state index in [9.17, 15) is 13.2 Å². The van der Waals surface area contributed by atoms with Gasteiger partial charge in [-0.15, -0.1) is 0 Å². The second-order valence-corrected chi connectivity index (χ2v) is 8.35. The molecule has 19 heavy (non-hydrogen) atoms. The highest BCUT2D eigenvalue weighted by molar-refractivity contribution is 7.88. The number of sulfonamides is 1. The Morgan fingerprint density at radius 1 is 1.21 bits per heavy atom. The van der Waals surface area contributed by atoms with Gasteiger partial charge in [0, 0.05) is 11.6 Å². The molecule has 3 unspecified atom stereocenters. The number of carboxylic acid groups (broad SMARTS) is 1. The molecule has 0 aromatic rings. The second-order valence-electron chi connectivity index (χ2n) is 6.60. The van der Waals surface area contributed by atoms with Gasteiger partial charge in [-0.2, -0.15) is 0 Å². The monoisotopic (exact) mass is 288 g/mol. The van der Waals surface area contributed by atoms with Crippen molar-refractivity contribution in [3.05, 3.63) is 0 Å². The van der Waals surface area contributed by atoms with Gasteiger partial charge in [0.05, 0.1) is 6.26 Å². The number of amides is 1. The SMILES string of the molecule is CS(=O)(=O)NC12CC3C[C@H](C1)C(NC(=O)O)[C@@H](C3)C2. The zero-order valence-corrected chi connectivity index (χ0v) is 11.7. The molecular weight excluding hydrogens is 268 g/mol. The predicted molar refractivity (Wildman–Crippen MR) is 69.2 cm³/mol. The number of hydrogen-bond donors (Lipinski definition) is 3. The molecule has 108 valence electrons. The van der Waals surface area contributed by atoms with Gasteiger partial charge in [0.1, 0.15) is 0 Å². The average Bonchev–Trinajstić information content (AvgIpc) is 2.18. The van der Waals surface area contributed by atoms with Crippen LogP contribution in [-0.2, 0) is 10.0 Å². The molecule has 0 aromatic heterocycles. The first-order chi connectivity index (χ1) is 8.76. The van der Waals surface area contributed by atoms with Gasteiger partial charge in [0.15, 0.2) is 0 Å². The highest BCUT2D eigenvalue weighted by Crippen LogP contribution is 2.55. The molecule has 0 aliphatic heterocycles. The van der Waals surface area contributed by atoms with Crippen LogP contribution < -0.4 is 10.0 Å². The lowest BCUT2D eigenvalue weighted by atomic mass is 9.51. The molecule has 0 spiro atoms. The molecule has 5 atom stereocenters. The fourth-order valence-electron chi connectivity index (χ4n) is 4.92. The van der Waals surface area contributed by atoms with E-state index in [1.165, 1.54) is 6.26 Å². The zero-order valence-electron chi connectivity index (χ0n) is 10.9. The van der Waals surface area contributed by atoms with E-state index in [-0.39, 0.29) is 23.4 Å². The Morgan fingerprint density at radius 3 is 2.26 bits per heavy atom. The second kappa shape index (κ2) is 4.09. The summed E-state index contributed by atoms with van der Waals surface area (Å²) in [4.78, 5) is 10.9. The summed E-state index contributed by atoms with van der Waals surface area (Å²) in [7, 11) is -3.21. The Morgan fingerprint density at radius 2 is 1.79 bits per heavy atom. The highest BCUT2D eigenvalue weighted by atomic mass is 32.2. The van der Waals surface area contributed by atoms with E-state index in [2.05, 4.69) is 10.0 Å². The Hall–Kier alpha value is -0.820. The molecule has 4 saturated carbocycles. The first-order valence-corrected chi connectivity index (χ1v) is 8.64. The van der Waals surface area contributed by atoms with Crippen LogP contribution in [0.1, 0.15) is 32.1 Å². The summed E-state index contributed by atoms with van der Waals surface area (Å²) in [5, 5.41) is 11.6. The number of rotatable bonds is 3. The highest BCUT2D eigenvalue weighted by Gasteiger charge is 2.56. The maximum absolute atomic E-state index is 11.6. The van der Waals surface area contributed by atoms with Gasteiger partial charge < -0.3 is 10.4 Å². The minimum absolute atomic E-state index is 0.00327. The fraction of sp³-hybridized carbons (Fsp3) is 0.917. The van der Waals surface area contributed by atoms with Crippen LogP contribution in [0.5, 0.6) is 0 Å². The smallest absolute Gasteiger partial charge is 0.404 e. The lowest BCUT2D eigenvalue weighted by Crippen LogP contribution is -2.66. The number of nitrogens with one attached hydrogen (secondary N) is 2. The minimum Gasteiger partial charge on any atom is -0.465 e. The van der Waals surface area contributed by atoms with Gasteiger partial charge in [0.2, 0.25) is 10.0 Å². The molecule has 0 heterocycles. The third kappa shape index (κ3) is 2.45. The molecule has 4 bridgehead atoms. The van der Waals surface area contributed by atoms with Crippen LogP contribution in [0.4, 0.5) is 4.79 Å². The standard InChI is InChI=1S/C12H20N2O4S/c1-19(17,18)14-12-4-7-2-8(5-12)10(13-11(15)16)9(3-7)6-12/h7-10,13-14H,2-6H2,1H3,(H,15,16)/t7?,8-,9+,10?,12?. The largest absolute Gasteiger partial charge is 0.465 e. The molecule has 4 aliphatic carbocycles. The normalized spacial score (nSPS) is 44.3. The molecule has 3 N–H and O–H groups in total. The van der Waals surface area contributed by atoms with Crippen molar-refractivity contribution in [2.24, 2.45) is 17.8 Å². The van der Waals surface area contributed by atoms with Gasteiger partial charge in [-0.1, -0.05) is 0 Å². The zero-order chi connectivity index (χ0) is 13.8. The van der Waals surface area contributed by atoms with Crippen molar-refractivity contribution in [1.82, 2.24) is 10.0 Å². The third-order valence-corrected chi connectivity index (χ3v) is 5.77. The number of carbonyl (C=O) groups is 1. The van der Waals surface area contributed by atoms with Gasteiger partial charge in [-0.3, -0.25) is 0 Å². The summed E-state index contributed by atoms with van der Waals surface area (Å²) >= 11 is 0. The van der Waals surface area contributed by atoms with Gasteiger partial charge in [-0.25, -0.2) is 17.9 Å². The first kappa shape index (κ1) is 13.2. The topological polar surface area (TPSA) is 95.5 Å². The van der Waals surface area contributed by atoms with Crippen molar-refractivity contribution in [1.29, 1.82) is 0 Å². The summed E-state index contributed by atoms with van der Waals surface area (Å²) in [6.45, 7) is 0. The number of hydrogen-bond acceptors (Lipinski definition) is 3. The van der Waals surface area contributed by atoms with Crippen molar-refractivity contribution in [3.8, 4) is 0 Å². The summed E-state index contributed by atoms with van der Waals surface area (Å²) in [6, 6.07) is 0.00327. The van der Waals surface area contributed by atoms with Gasteiger partial charge in [0.25, 0.3) is 0 Å². The first-order valence-electron chi connectivity index (χ1n) is 6.75. The molecular formula is C12H20N2O4S. The minimum atomic E-state index is -3.21. The van der Waals surface area contributed by atoms with Crippen molar-refractivity contribution in [2.75, 3.05) is 6.26 Å². The van der Waals surface area contributed by atoms with Gasteiger partial charge in [-0.05, 0) is 49.9 Å². The Bertz CT molecular complexity index is 488. The molecule has 0 aromatic carbocycles. The van der Waals surface area contributed by atoms with Crippen LogP contribution in [0.3, 0.4) is 0 Å². The van der Waals surface area contributed by atoms with E-state index >= 15 is 0 Å². The Labute approximate surface area is 113 Å². The maximum atomic E-state index is 11.6. The van der Waals surface area contributed by atoms with Crippen LogP contribution in [0.25, 0.3) is 0 Å². The van der Waals surface area contributed by atoms with Gasteiger partial charge >= 0.3 is 6.09 Å². The summed E-state index contributed by atoms with van der Waals surface area (Å²) in [5.41, 5.74) is -0.319. The van der Waals surface area contributed by atoms with E-state index in [4.69, 9.17) is 5.11 Å². The fourth-order valence-corrected chi connectivity index (χ4v) is 5.96. The van der Waals surface area contributed by atoms with E-state index in [0.29, 0.717) is 5.92 Å². The lowest BCUT2D eigenvalue weighted by Gasteiger charge is -2.59. The molecule has 4 fully saturated rings. The molecule has 6 nitrogen and oxygen atoms in total. The van der Waals surface area contributed by atoms with Crippen LogP contribution in [0.15, 0.2) is 0 Å². The van der Waals surface area contributed by atoms with E-state index < -0.39 is 16.1 Å². The maximum Gasteiger partial charge on any atom is 0.404 e. The molecule has 1 amide bonds. The molecule has 0 radical (unpaired) electrons. The van der Waals surface area contributed by atoms with E-state index in [0.717, 1.165) is 32.1 Å². The average molecular weight is 288 g/mol. The lowest BCUT2D eigenvalue weighted by molar-refractivity contribution is -0.0350. The van der Waals surface area contributed by atoms with Crippen LogP contribution >= 0.6 is 0 Å². The Balaban J connectivity index is 1.82.